The van der Waals surface area contributed by atoms with Crippen LogP contribution in [0, 0.1) is 0 Å². The Morgan fingerprint density at radius 1 is 1.21 bits per heavy atom. The van der Waals surface area contributed by atoms with Gasteiger partial charge in [-0.25, -0.2) is 8.42 Å². The van der Waals surface area contributed by atoms with Gasteiger partial charge in [0, 0.05) is 23.9 Å². The summed E-state index contributed by atoms with van der Waals surface area (Å²) in [5.41, 5.74) is 1.84. The largest absolute Gasteiger partial charge is 0.312 e. The molecule has 0 fully saturated rings. The summed E-state index contributed by atoms with van der Waals surface area (Å²) in [5.74, 6) is 0. The number of nitrogens with zero attached hydrogens (tertiary/aromatic N) is 1. The molecule has 2 unspecified atom stereocenters. The fourth-order valence-electron chi connectivity index (χ4n) is 2.29. The van der Waals surface area contributed by atoms with Gasteiger partial charge in [-0.3, -0.25) is 4.98 Å². The third-order valence-corrected chi connectivity index (χ3v) is 5.09. The van der Waals surface area contributed by atoms with Crippen molar-refractivity contribution in [2.75, 3.05) is 13.3 Å². The van der Waals surface area contributed by atoms with Gasteiger partial charge in [0.1, 0.15) is 0 Å². The van der Waals surface area contributed by atoms with Crippen LogP contribution >= 0.6 is 0 Å². The lowest BCUT2D eigenvalue weighted by Crippen LogP contribution is -2.33. The van der Waals surface area contributed by atoms with Crippen molar-refractivity contribution in [3.63, 3.8) is 0 Å². The van der Waals surface area contributed by atoms with Crippen LogP contribution in [-0.2, 0) is 9.84 Å². The molecule has 0 aliphatic heterocycles. The average Bonchev–Trinajstić information content (AvgIpc) is 2.38. The Hall–Kier alpha value is -1.46. The molecule has 0 saturated carbocycles. The number of aromatic nitrogens is 1. The van der Waals surface area contributed by atoms with E-state index in [4.69, 9.17) is 0 Å². The number of rotatable bonds is 4. The summed E-state index contributed by atoms with van der Waals surface area (Å²) in [6.45, 7) is 1.73. The zero-order chi connectivity index (χ0) is 14.0. The van der Waals surface area contributed by atoms with Gasteiger partial charge in [0.2, 0.25) is 0 Å². The summed E-state index contributed by atoms with van der Waals surface area (Å²) < 4.78 is 23.6. The molecule has 1 heterocycles. The first kappa shape index (κ1) is 14.0. The van der Waals surface area contributed by atoms with E-state index in [9.17, 15) is 8.42 Å². The van der Waals surface area contributed by atoms with Crippen molar-refractivity contribution in [1.29, 1.82) is 0 Å². The van der Waals surface area contributed by atoms with Gasteiger partial charge in [-0.15, -0.1) is 0 Å². The van der Waals surface area contributed by atoms with Crippen LogP contribution in [0.25, 0.3) is 10.9 Å². The lowest BCUT2D eigenvalue weighted by molar-refractivity contribution is 0.537. The fraction of sp³-hybridized carbons (Fsp3) is 0.357. The number of nitrogens with one attached hydrogen (secondary N) is 1. The van der Waals surface area contributed by atoms with Gasteiger partial charge in [0.15, 0.2) is 9.84 Å². The topological polar surface area (TPSA) is 59.1 Å². The van der Waals surface area contributed by atoms with E-state index < -0.39 is 15.1 Å². The van der Waals surface area contributed by atoms with E-state index in [0.29, 0.717) is 0 Å². The molecule has 1 aromatic heterocycles. The van der Waals surface area contributed by atoms with Crippen molar-refractivity contribution >= 4 is 20.7 Å². The molecule has 2 aromatic rings. The predicted molar refractivity (Wildman–Crippen MR) is 77.8 cm³/mol. The van der Waals surface area contributed by atoms with Gasteiger partial charge in [-0.2, -0.15) is 0 Å². The molecule has 0 amide bonds. The summed E-state index contributed by atoms with van der Waals surface area (Å²) >= 11 is 0. The summed E-state index contributed by atoms with van der Waals surface area (Å²) in [6.07, 6.45) is 3.01. The molecule has 2 rings (SSSR count). The molecular weight excluding hydrogens is 260 g/mol. The van der Waals surface area contributed by atoms with Gasteiger partial charge in [-0.05, 0) is 31.7 Å². The molecule has 2 atom stereocenters. The van der Waals surface area contributed by atoms with Crippen LogP contribution in [0.1, 0.15) is 18.5 Å². The smallest absolute Gasteiger partial charge is 0.151 e. The lowest BCUT2D eigenvalue weighted by atomic mass is 9.99. The fourth-order valence-corrected chi connectivity index (χ4v) is 3.07. The monoisotopic (exact) mass is 278 g/mol. The molecule has 0 radical (unpaired) electrons. The SMILES string of the molecule is CNC(c1cccc2ncccc12)C(C)S(C)(=O)=O. The molecular formula is C14H18N2O2S. The highest BCUT2D eigenvalue weighted by molar-refractivity contribution is 7.91. The van der Waals surface area contributed by atoms with Crippen LogP contribution in [-0.4, -0.2) is 32.0 Å². The van der Waals surface area contributed by atoms with Crippen LogP contribution in [0.15, 0.2) is 36.5 Å². The summed E-state index contributed by atoms with van der Waals surface area (Å²) in [6, 6.07) is 9.37. The molecule has 4 nitrogen and oxygen atoms in total. The number of hydrogen-bond donors (Lipinski definition) is 1. The minimum atomic E-state index is -3.11. The van der Waals surface area contributed by atoms with E-state index in [2.05, 4.69) is 10.3 Å². The van der Waals surface area contributed by atoms with Gasteiger partial charge in [-0.1, -0.05) is 18.2 Å². The minimum absolute atomic E-state index is 0.247. The van der Waals surface area contributed by atoms with Crippen LogP contribution in [0.5, 0.6) is 0 Å². The Kier molecular flexibility index (Phi) is 3.87. The molecule has 0 saturated heterocycles. The van der Waals surface area contributed by atoms with E-state index in [-0.39, 0.29) is 6.04 Å². The average molecular weight is 278 g/mol. The molecule has 19 heavy (non-hydrogen) atoms. The molecule has 1 aromatic carbocycles. The van der Waals surface area contributed by atoms with Crippen LogP contribution in [0.2, 0.25) is 0 Å². The standard InChI is InChI=1S/C14H18N2O2S/c1-10(19(3,17)18)14(15-2)12-6-4-8-13-11(12)7-5-9-16-13/h4-10,14-15H,1-3H3. The Morgan fingerprint density at radius 3 is 2.58 bits per heavy atom. The Balaban J connectivity index is 2.59. The van der Waals surface area contributed by atoms with Crippen LogP contribution in [0.4, 0.5) is 0 Å². The van der Waals surface area contributed by atoms with Crippen molar-refractivity contribution in [1.82, 2.24) is 10.3 Å². The first-order valence-corrected chi connectivity index (χ1v) is 8.10. The molecule has 0 spiro atoms. The summed E-state index contributed by atoms with van der Waals surface area (Å²) in [4.78, 5) is 4.30. The second-order valence-electron chi connectivity index (χ2n) is 4.72. The minimum Gasteiger partial charge on any atom is -0.312 e. The van der Waals surface area contributed by atoms with E-state index in [1.54, 1.807) is 20.2 Å². The van der Waals surface area contributed by atoms with Crippen molar-refractivity contribution in [3.8, 4) is 0 Å². The lowest BCUT2D eigenvalue weighted by Gasteiger charge is -2.23. The highest BCUT2D eigenvalue weighted by Gasteiger charge is 2.27. The van der Waals surface area contributed by atoms with Crippen molar-refractivity contribution in [2.45, 2.75) is 18.2 Å². The molecule has 1 N–H and O–H groups in total. The normalized spacial score (nSPS) is 15.3. The molecule has 0 aliphatic carbocycles. The maximum Gasteiger partial charge on any atom is 0.151 e. The van der Waals surface area contributed by atoms with Gasteiger partial charge < -0.3 is 5.32 Å². The third-order valence-electron chi connectivity index (χ3n) is 3.47. The first-order chi connectivity index (χ1) is 8.95. The zero-order valence-electron chi connectivity index (χ0n) is 11.3. The molecule has 0 bridgehead atoms. The second kappa shape index (κ2) is 5.27. The number of sulfone groups is 1. The highest BCUT2D eigenvalue weighted by Crippen LogP contribution is 2.27. The maximum absolute atomic E-state index is 11.8. The first-order valence-electron chi connectivity index (χ1n) is 6.15. The predicted octanol–water partition coefficient (Wildman–Crippen LogP) is 1.93. The number of benzene rings is 1. The number of pyridine rings is 1. The summed E-state index contributed by atoms with van der Waals surface area (Å²) in [5, 5.41) is 3.60. The second-order valence-corrected chi connectivity index (χ2v) is 7.12. The molecule has 5 heteroatoms. The quantitative estimate of drug-likeness (QED) is 0.928. The molecule has 102 valence electrons. The van der Waals surface area contributed by atoms with E-state index in [1.165, 1.54) is 6.26 Å². The van der Waals surface area contributed by atoms with Gasteiger partial charge in [0.05, 0.1) is 10.8 Å². The molecule has 0 aliphatic rings. The van der Waals surface area contributed by atoms with Crippen molar-refractivity contribution in [2.24, 2.45) is 0 Å². The van der Waals surface area contributed by atoms with Gasteiger partial charge in [0.25, 0.3) is 0 Å². The van der Waals surface area contributed by atoms with E-state index in [0.717, 1.165) is 16.5 Å². The zero-order valence-corrected chi connectivity index (χ0v) is 12.1. The van der Waals surface area contributed by atoms with E-state index in [1.807, 2.05) is 30.3 Å². The Labute approximate surface area is 113 Å². The third kappa shape index (κ3) is 2.77. The van der Waals surface area contributed by atoms with Crippen molar-refractivity contribution in [3.05, 3.63) is 42.1 Å². The number of hydrogen-bond acceptors (Lipinski definition) is 4. The van der Waals surface area contributed by atoms with Crippen molar-refractivity contribution < 1.29 is 8.42 Å². The summed E-state index contributed by atoms with van der Waals surface area (Å²) in [7, 11) is -1.33. The number of fused-ring (bicyclic) bond motifs is 1. The Morgan fingerprint density at radius 2 is 1.95 bits per heavy atom. The van der Waals surface area contributed by atoms with Crippen LogP contribution < -0.4 is 5.32 Å². The van der Waals surface area contributed by atoms with Crippen LogP contribution in [0.3, 0.4) is 0 Å². The van der Waals surface area contributed by atoms with Gasteiger partial charge >= 0.3 is 0 Å². The Bertz CT molecular complexity index is 677. The maximum atomic E-state index is 11.8. The highest BCUT2D eigenvalue weighted by atomic mass is 32.2. The van der Waals surface area contributed by atoms with E-state index >= 15 is 0 Å².